The summed E-state index contributed by atoms with van der Waals surface area (Å²) in [4.78, 5) is 13.3. The Hall–Kier alpha value is -3.41. The molecule has 5 nitrogen and oxygen atoms in total. The molecule has 0 radical (unpaired) electrons. The fourth-order valence-corrected chi connectivity index (χ4v) is 4.15. The highest BCUT2D eigenvalue weighted by atomic mass is 35.5. The normalized spacial score (nSPS) is 11.2. The number of rotatable bonds is 5. The molecule has 0 unspecified atom stereocenters. The summed E-state index contributed by atoms with van der Waals surface area (Å²) in [7, 11) is 0. The number of hydrogen-bond acceptors (Lipinski definition) is 4. The molecular formula is C25H17Cl2N3O2. The molecule has 0 aliphatic rings. The molecule has 0 spiro atoms. The molecule has 0 N–H and O–H groups in total. The van der Waals surface area contributed by atoms with Crippen LogP contribution in [0.1, 0.15) is 27.4 Å². The number of carbonyl (C=O) groups excluding carboxylic acids is 1. The third-order valence-corrected chi connectivity index (χ3v) is 5.86. The molecular weight excluding hydrogens is 445 g/mol. The summed E-state index contributed by atoms with van der Waals surface area (Å²) in [5.41, 5.74) is 4.11. The molecule has 0 fully saturated rings. The van der Waals surface area contributed by atoms with Crippen LogP contribution in [0.3, 0.4) is 0 Å². The maximum Gasteiger partial charge on any atom is 0.289 e. The average molecular weight is 462 g/mol. The van der Waals surface area contributed by atoms with Crippen LogP contribution in [-0.4, -0.2) is 20.5 Å². The topological polar surface area (TPSA) is 60.9 Å². The first-order chi connectivity index (χ1) is 15.5. The van der Waals surface area contributed by atoms with Gasteiger partial charge in [0.2, 0.25) is 5.89 Å². The number of nitrogens with zero attached hydrogens (tertiary/aromatic N) is 3. The van der Waals surface area contributed by atoms with Crippen LogP contribution in [0.2, 0.25) is 10.0 Å². The molecule has 0 saturated heterocycles. The Kier molecular flexibility index (Phi) is 5.29. The van der Waals surface area contributed by atoms with Gasteiger partial charge in [-0.1, -0.05) is 59.1 Å². The summed E-state index contributed by atoms with van der Waals surface area (Å²) in [5, 5.41) is 10.0. The zero-order valence-electron chi connectivity index (χ0n) is 17.0. The van der Waals surface area contributed by atoms with Crippen molar-refractivity contribution >= 4 is 39.9 Å². The van der Waals surface area contributed by atoms with E-state index in [-0.39, 0.29) is 11.7 Å². The van der Waals surface area contributed by atoms with E-state index in [9.17, 15) is 4.79 Å². The van der Waals surface area contributed by atoms with Gasteiger partial charge in [0.05, 0.1) is 5.56 Å². The molecule has 32 heavy (non-hydrogen) atoms. The van der Waals surface area contributed by atoms with E-state index in [4.69, 9.17) is 27.6 Å². The van der Waals surface area contributed by atoms with Crippen molar-refractivity contribution < 1.29 is 9.21 Å². The number of benzene rings is 3. The molecule has 0 bridgehead atoms. The van der Waals surface area contributed by atoms with Gasteiger partial charge in [-0.25, -0.2) is 0 Å². The Labute approximate surface area is 194 Å². The fraction of sp³-hybridized carbons (Fsp3) is 0.0800. The average Bonchev–Trinajstić information content (AvgIpc) is 3.41. The minimum absolute atomic E-state index is 0.0473. The van der Waals surface area contributed by atoms with Crippen LogP contribution in [0.5, 0.6) is 0 Å². The number of halogens is 2. The minimum Gasteiger partial charge on any atom is -0.413 e. The largest absolute Gasteiger partial charge is 0.413 e. The highest BCUT2D eigenvalue weighted by Gasteiger charge is 2.23. The van der Waals surface area contributed by atoms with Gasteiger partial charge in [0.25, 0.3) is 11.7 Å². The number of carbonyl (C=O) groups is 1. The van der Waals surface area contributed by atoms with Crippen LogP contribution in [0.15, 0.2) is 77.3 Å². The minimum atomic E-state index is -0.323. The van der Waals surface area contributed by atoms with Gasteiger partial charge >= 0.3 is 0 Å². The predicted molar refractivity (Wildman–Crippen MR) is 125 cm³/mol. The van der Waals surface area contributed by atoms with Gasteiger partial charge in [0.15, 0.2) is 0 Å². The second kappa shape index (κ2) is 8.26. The van der Waals surface area contributed by atoms with E-state index in [1.54, 1.807) is 12.1 Å². The Morgan fingerprint density at radius 1 is 1.00 bits per heavy atom. The molecule has 2 heterocycles. The van der Waals surface area contributed by atoms with Gasteiger partial charge in [-0.2, -0.15) is 0 Å². The van der Waals surface area contributed by atoms with E-state index in [0.717, 1.165) is 27.6 Å². The molecule has 0 amide bonds. The van der Waals surface area contributed by atoms with Gasteiger partial charge < -0.3 is 8.98 Å². The smallest absolute Gasteiger partial charge is 0.289 e. The SMILES string of the molecule is Cc1ccc2c(c1)c(C(=O)c1nnc(-c3ccccc3)o1)cn2Cc1ccc(Cl)cc1Cl. The van der Waals surface area contributed by atoms with Crippen molar-refractivity contribution in [3.63, 3.8) is 0 Å². The maximum atomic E-state index is 13.3. The lowest BCUT2D eigenvalue weighted by Gasteiger charge is -2.08. The van der Waals surface area contributed by atoms with Crippen molar-refractivity contribution in [1.29, 1.82) is 0 Å². The van der Waals surface area contributed by atoms with Gasteiger partial charge in [-0.3, -0.25) is 4.79 Å². The molecule has 3 aromatic carbocycles. The molecule has 2 aromatic heterocycles. The Morgan fingerprint density at radius 3 is 2.59 bits per heavy atom. The van der Waals surface area contributed by atoms with E-state index in [1.165, 1.54) is 0 Å². The summed E-state index contributed by atoms with van der Waals surface area (Å²) < 4.78 is 7.70. The first-order valence-electron chi connectivity index (χ1n) is 9.96. The molecule has 0 saturated carbocycles. The number of aryl methyl sites for hydroxylation is 1. The van der Waals surface area contributed by atoms with Crippen molar-refractivity contribution in [2.24, 2.45) is 0 Å². The standard InChI is InChI=1S/C25H17Cl2N3O2/c1-15-7-10-22-19(11-15)20(14-30(22)13-17-8-9-18(26)12-21(17)27)23(31)25-29-28-24(32-25)16-5-3-2-4-6-16/h2-12,14H,13H2,1H3. The van der Waals surface area contributed by atoms with Crippen LogP contribution >= 0.6 is 23.2 Å². The Balaban J connectivity index is 1.56. The van der Waals surface area contributed by atoms with Crippen molar-refractivity contribution in [2.75, 3.05) is 0 Å². The van der Waals surface area contributed by atoms with Crippen molar-refractivity contribution in [1.82, 2.24) is 14.8 Å². The third kappa shape index (κ3) is 3.81. The summed E-state index contributed by atoms with van der Waals surface area (Å²) in [5.74, 6) is -0.0630. The van der Waals surface area contributed by atoms with Crippen LogP contribution in [0, 0.1) is 6.92 Å². The van der Waals surface area contributed by atoms with Crippen molar-refractivity contribution in [3.8, 4) is 11.5 Å². The van der Waals surface area contributed by atoms with Crippen LogP contribution in [-0.2, 0) is 6.54 Å². The number of fused-ring (bicyclic) bond motifs is 1. The van der Waals surface area contributed by atoms with E-state index < -0.39 is 0 Å². The van der Waals surface area contributed by atoms with E-state index in [0.29, 0.717) is 28.0 Å². The fourth-order valence-electron chi connectivity index (χ4n) is 3.68. The zero-order chi connectivity index (χ0) is 22.2. The summed E-state index contributed by atoms with van der Waals surface area (Å²) in [6.45, 7) is 2.48. The number of hydrogen-bond donors (Lipinski definition) is 0. The van der Waals surface area contributed by atoms with Gasteiger partial charge in [0, 0.05) is 39.3 Å². The number of ketones is 1. The Morgan fingerprint density at radius 2 is 1.81 bits per heavy atom. The summed E-state index contributed by atoms with van der Waals surface area (Å²) >= 11 is 12.4. The second-order valence-electron chi connectivity index (χ2n) is 7.53. The molecule has 5 rings (SSSR count). The molecule has 7 heteroatoms. The lowest BCUT2D eigenvalue weighted by atomic mass is 10.1. The summed E-state index contributed by atoms with van der Waals surface area (Å²) in [6, 6.07) is 20.7. The second-order valence-corrected chi connectivity index (χ2v) is 8.38. The molecule has 158 valence electrons. The van der Waals surface area contributed by atoms with Crippen molar-refractivity contribution in [2.45, 2.75) is 13.5 Å². The molecule has 0 atom stereocenters. The van der Waals surface area contributed by atoms with Crippen LogP contribution in [0.4, 0.5) is 0 Å². The lowest BCUT2D eigenvalue weighted by molar-refractivity contribution is 0.100. The van der Waals surface area contributed by atoms with Gasteiger partial charge in [-0.05, 0) is 48.9 Å². The van der Waals surface area contributed by atoms with Gasteiger partial charge in [-0.15, -0.1) is 10.2 Å². The first kappa shape index (κ1) is 20.5. The summed E-state index contributed by atoms with van der Waals surface area (Å²) in [6.07, 6.45) is 1.81. The monoisotopic (exact) mass is 461 g/mol. The molecule has 0 aliphatic carbocycles. The Bertz CT molecular complexity index is 1460. The highest BCUT2D eigenvalue weighted by Crippen LogP contribution is 2.29. The van der Waals surface area contributed by atoms with Gasteiger partial charge in [0.1, 0.15) is 0 Å². The zero-order valence-corrected chi connectivity index (χ0v) is 18.6. The van der Waals surface area contributed by atoms with E-state index in [2.05, 4.69) is 10.2 Å². The third-order valence-electron chi connectivity index (χ3n) is 5.28. The van der Waals surface area contributed by atoms with Crippen LogP contribution < -0.4 is 0 Å². The first-order valence-corrected chi connectivity index (χ1v) is 10.7. The predicted octanol–water partition coefficient (Wildman–Crippen LogP) is 6.59. The maximum absolute atomic E-state index is 13.3. The molecule has 0 aliphatic heterocycles. The lowest BCUT2D eigenvalue weighted by Crippen LogP contribution is -2.02. The quantitative estimate of drug-likeness (QED) is 0.277. The van der Waals surface area contributed by atoms with E-state index in [1.807, 2.05) is 72.3 Å². The number of aromatic nitrogens is 3. The molecule has 5 aromatic rings. The van der Waals surface area contributed by atoms with Crippen molar-refractivity contribution in [3.05, 3.63) is 106 Å². The highest BCUT2D eigenvalue weighted by molar-refractivity contribution is 6.35. The van der Waals surface area contributed by atoms with E-state index >= 15 is 0 Å². The van der Waals surface area contributed by atoms with Crippen LogP contribution in [0.25, 0.3) is 22.4 Å².